The molecule has 0 atom stereocenters. The van der Waals surface area contributed by atoms with Crippen molar-refractivity contribution in [2.75, 3.05) is 43.9 Å². The van der Waals surface area contributed by atoms with Crippen LogP contribution >= 0.6 is 0 Å². The van der Waals surface area contributed by atoms with E-state index < -0.39 is 15.4 Å². The highest BCUT2D eigenvalue weighted by Gasteiger charge is 2.26. The number of β-amino-alcohol motifs (C(OH)–C–C–N with tert-alkyl or cyclic N) is 1. The second-order valence-corrected chi connectivity index (χ2v) is 8.16. The zero-order valence-corrected chi connectivity index (χ0v) is 13.6. The first kappa shape index (κ1) is 16.2. The minimum Gasteiger partial charge on any atom is -0.389 e. The van der Waals surface area contributed by atoms with Crippen LogP contribution in [-0.2, 0) is 9.84 Å². The molecule has 1 aromatic rings. The summed E-state index contributed by atoms with van der Waals surface area (Å²) in [6.45, 7) is 7.17. The average Bonchev–Trinajstić information content (AvgIpc) is 2.37. The van der Waals surface area contributed by atoms with E-state index in [0.29, 0.717) is 25.5 Å². The standard InChI is InChI=1S/C14H23N3O3S/c1-14(2,18)11-16-7-9-17(10-8-16)13-12(21(3,19)20)5-4-6-15-13/h4-6,18H,7-11H2,1-3H3. The van der Waals surface area contributed by atoms with Crippen LogP contribution in [0.3, 0.4) is 0 Å². The summed E-state index contributed by atoms with van der Waals surface area (Å²) in [7, 11) is -3.28. The lowest BCUT2D eigenvalue weighted by Gasteiger charge is -2.38. The summed E-state index contributed by atoms with van der Waals surface area (Å²) in [4.78, 5) is 8.70. The van der Waals surface area contributed by atoms with Crippen LogP contribution in [0.25, 0.3) is 0 Å². The van der Waals surface area contributed by atoms with Gasteiger partial charge in [-0.3, -0.25) is 4.90 Å². The maximum absolute atomic E-state index is 11.8. The Labute approximate surface area is 126 Å². The number of pyridine rings is 1. The summed E-state index contributed by atoms with van der Waals surface area (Å²) in [5.74, 6) is 0.530. The van der Waals surface area contributed by atoms with Crippen molar-refractivity contribution in [2.24, 2.45) is 0 Å². The first-order chi connectivity index (χ1) is 9.67. The number of aromatic nitrogens is 1. The highest BCUT2D eigenvalue weighted by atomic mass is 32.2. The third-order valence-electron chi connectivity index (χ3n) is 3.43. The largest absolute Gasteiger partial charge is 0.389 e. The molecule has 1 aliphatic heterocycles. The fourth-order valence-corrected chi connectivity index (χ4v) is 3.41. The molecule has 2 heterocycles. The molecule has 21 heavy (non-hydrogen) atoms. The summed E-state index contributed by atoms with van der Waals surface area (Å²) >= 11 is 0. The molecule has 0 amide bonds. The van der Waals surface area contributed by atoms with Crippen molar-refractivity contribution < 1.29 is 13.5 Å². The third kappa shape index (κ3) is 4.39. The predicted octanol–water partition coefficient (Wildman–Crippen LogP) is 0.378. The number of rotatable bonds is 4. The zero-order chi connectivity index (χ0) is 15.7. The van der Waals surface area contributed by atoms with Gasteiger partial charge in [0, 0.05) is 45.2 Å². The first-order valence-electron chi connectivity index (χ1n) is 7.01. The summed E-state index contributed by atoms with van der Waals surface area (Å²) in [5, 5.41) is 9.86. The van der Waals surface area contributed by atoms with Gasteiger partial charge in [0.1, 0.15) is 10.7 Å². The van der Waals surface area contributed by atoms with E-state index >= 15 is 0 Å². The monoisotopic (exact) mass is 313 g/mol. The minimum absolute atomic E-state index is 0.279. The van der Waals surface area contributed by atoms with E-state index in [1.54, 1.807) is 32.2 Å². The number of aliphatic hydroxyl groups is 1. The van der Waals surface area contributed by atoms with E-state index in [2.05, 4.69) is 9.88 Å². The van der Waals surface area contributed by atoms with E-state index in [-0.39, 0.29) is 4.90 Å². The molecule has 0 radical (unpaired) electrons. The number of hydrogen-bond acceptors (Lipinski definition) is 6. The molecule has 0 aromatic carbocycles. The van der Waals surface area contributed by atoms with Crippen molar-refractivity contribution >= 4 is 15.7 Å². The van der Waals surface area contributed by atoms with Gasteiger partial charge in [-0.15, -0.1) is 0 Å². The molecule has 0 bridgehead atoms. The number of sulfone groups is 1. The van der Waals surface area contributed by atoms with Crippen molar-refractivity contribution in [3.05, 3.63) is 18.3 Å². The lowest BCUT2D eigenvalue weighted by Crippen LogP contribution is -2.50. The fourth-order valence-electron chi connectivity index (χ4n) is 2.57. The van der Waals surface area contributed by atoms with Crippen LogP contribution in [0.15, 0.2) is 23.2 Å². The zero-order valence-electron chi connectivity index (χ0n) is 12.8. The molecular formula is C14H23N3O3S. The van der Waals surface area contributed by atoms with Gasteiger partial charge in [0.2, 0.25) is 0 Å². The maximum Gasteiger partial charge on any atom is 0.179 e. The van der Waals surface area contributed by atoms with Crippen LogP contribution < -0.4 is 4.90 Å². The Hall–Kier alpha value is -1.18. The molecule has 0 aliphatic carbocycles. The van der Waals surface area contributed by atoms with Crippen molar-refractivity contribution in [1.82, 2.24) is 9.88 Å². The van der Waals surface area contributed by atoms with Crippen LogP contribution in [0, 0.1) is 0 Å². The molecule has 1 N–H and O–H groups in total. The van der Waals surface area contributed by atoms with E-state index in [9.17, 15) is 13.5 Å². The Balaban J connectivity index is 2.10. The topological polar surface area (TPSA) is 73.7 Å². The summed E-state index contributed by atoms with van der Waals surface area (Å²) in [6.07, 6.45) is 2.82. The molecule has 0 unspecified atom stereocenters. The maximum atomic E-state index is 11.8. The lowest BCUT2D eigenvalue weighted by atomic mass is 10.1. The van der Waals surface area contributed by atoms with E-state index in [1.165, 1.54) is 6.26 Å². The summed E-state index contributed by atoms with van der Waals surface area (Å²) in [6, 6.07) is 3.24. The highest BCUT2D eigenvalue weighted by molar-refractivity contribution is 7.90. The van der Waals surface area contributed by atoms with Gasteiger partial charge in [-0.25, -0.2) is 13.4 Å². The van der Waals surface area contributed by atoms with Gasteiger partial charge >= 0.3 is 0 Å². The Morgan fingerprint density at radius 1 is 1.29 bits per heavy atom. The van der Waals surface area contributed by atoms with Crippen molar-refractivity contribution in [3.8, 4) is 0 Å². The molecule has 0 saturated carbocycles. The second kappa shape index (κ2) is 5.90. The molecule has 6 nitrogen and oxygen atoms in total. The normalized spacial score (nSPS) is 18.0. The fraction of sp³-hybridized carbons (Fsp3) is 0.643. The molecule has 2 rings (SSSR count). The molecular weight excluding hydrogens is 290 g/mol. The van der Waals surface area contributed by atoms with Crippen molar-refractivity contribution in [2.45, 2.75) is 24.3 Å². The van der Waals surface area contributed by atoms with Crippen molar-refractivity contribution in [3.63, 3.8) is 0 Å². The number of piperazine rings is 1. The van der Waals surface area contributed by atoms with Gasteiger partial charge in [0.15, 0.2) is 9.84 Å². The van der Waals surface area contributed by atoms with Gasteiger partial charge in [-0.2, -0.15) is 0 Å². The van der Waals surface area contributed by atoms with Crippen LogP contribution in [0.4, 0.5) is 5.82 Å². The first-order valence-corrected chi connectivity index (χ1v) is 8.91. The smallest absolute Gasteiger partial charge is 0.179 e. The van der Waals surface area contributed by atoms with Gasteiger partial charge in [0.05, 0.1) is 5.60 Å². The average molecular weight is 313 g/mol. The summed E-state index contributed by atoms with van der Waals surface area (Å²) in [5.41, 5.74) is -0.717. The Morgan fingerprint density at radius 2 is 1.90 bits per heavy atom. The van der Waals surface area contributed by atoms with E-state index in [4.69, 9.17) is 0 Å². The molecule has 1 aliphatic rings. The lowest BCUT2D eigenvalue weighted by molar-refractivity contribution is 0.0344. The molecule has 1 saturated heterocycles. The molecule has 7 heteroatoms. The quantitative estimate of drug-likeness (QED) is 0.866. The van der Waals surface area contributed by atoms with Crippen molar-refractivity contribution in [1.29, 1.82) is 0 Å². The van der Waals surface area contributed by atoms with Crippen LogP contribution in [0.2, 0.25) is 0 Å². The Kier molecular flexibility index (Phi) is 4.55. The van der Waals surface area contributed by atoms with Gasteiger partial charge < -0.3 is 10.0 Å². The molecule has 1 fully saturated rings. The Morgan fingerprint density at radius 3 is 2.43 bits per heavy atom. The van der Waals surface area contributed by atoms with Gasteiger partial charge in [-0.05, 0) is 26.0 Å². The molecule has 0 spiro atoms. The summed E-state index contributed by atoms with van der Waals surface area (Å²) < 4.78 is 23.7. The predicted molar refractivity (Wildman–Crippen MR) is 82.3 cm³/mol. The number of anilines is 1. The molecule has 1 aromatic heterocycles. The highest BCUT2D eigenvalue weighted by Crippen LogP contribution is 2.23. The Bertz CT molecular complexity index is 588. The van der Waals surface area contributed by atoms with Crippen LogP contribution in [0.5, 0.6) is 0 Å². The third-order valence-corrected chi connectivity index (χ3v) is 4.55. The minimum atomic E-state index is -3.28. The molecule has 118 valence electrons. The van der Waals surface area contributed by atoms with E-state index in [0.717, 1.165) is 13.1 Å². The number of nitrogens with zero attached hydrogens (tertiary/aromatic N) is 3. The van der Waals surface area contributed by atoms with Gasteiger partial charge in [0.25, 0.3) is 0 Å². The SMILES string of the molecule is CC(C)(O)CN1CCN(c2ncccc2S(C)(=O)=O)CC1. The van der Waals surface area contributed by atoms with Crippen LogP contribution in [-0.4, -0.2) is 68.0 Å². The van der Waals surface area contributed by atoms with Crippen LogP contribution in [0.1, 0.15) is 13.8 Å². The van der Waals surface area contributed by atoms with Gasteiger partial charge in [-0.1, -0.05) is 0 Å². The second-order valence-electron chi connectivity index (χ2n) is 6.17. The van der Waals surface area contributed by atoms with E-state index in [1.807, 2.05) is 4.90 Å². The number of hydrogen-bond donors (Lipinski definition) is 1.